The number of carbonyl (C=O) groups excluding carboxylic acids is 1. The summed E-state index contributed by atoms with van der Waals surface area (Å²) in [7, 11) is 0. The van der Waals surface area contributed by atoms with Crippen LogP contribution in [-0.4, -0.2) is 20.5 Å². The number of halogens is 3. The third kappa shape index (κ3) is 2.67. The summed E-state index contributed by atoms with van der Waals surface area (Å²) >= 11 is 0.344. The normalized spacial score (nSPS) is 11.8. The van der Waals surface area contributed by atoms with Crippen molar-refractivity contribution in [1.82, 2.24) is 14.8 Å². The summed E-state index contributed by atoms with van der Waals surface area (Å²) in [6.07, 6.45) is -3.57. The van der Waals surface area contributed by atoms with Crippen molar-refractivity contribution in [3.8, 4) is 0 Å². The van der Waals surface area contributed by atoms with Crippen LogP contribution < -0.4 is 0 Å². The Morgan fingerprint density at radius 1 is 1.47 bits per heavy atom. The van der Waals surface area contributed by atoms with Gasteiger partial charge in [0.1, 0.15) is 5.69 Å². The van der Waals surface area contributed by atoms with E-state index >= 15 is 0 Å². The summed E-state index contributed by atoms with van der Waals surface area (Å²) in [6, 6.07) is 1.55. The Balaban J connectivity index is 2.36. The maximum atomic E-state index is 12.4. The van der Waals surface area contributed by atoms with Crippen LogP contribution in [0.5, 0.6) is 0 Å². The van der Waals surface area contributed by atoms with Gasteiger partial charge in [-0.05, 0) is 19.9 Å². The fraction of sp³-hybridized carbons (Fsp3) is 0.364. The van der Waals surface area contributed by atoms with Gasteiger partial charge in [-0.1, -0.05) is 0 Å². The van der Waals surface area contributed by atoms with Crippen molar-refractivity contribution in [2.24, 2.45) is 0 Å². The molecule has 0 aliphatic rings. The van der Waals surface area contributed by atoms with Crippen molar-refractivity contribution in [2.75, 3.05) is 0 Å². The van der Waals surface area contributed by atoms with E-state index in [1.807, 2.05) is 0 Å². The molecule has 0 aliphatic carbocycles. The molecular formula is C11H10F3N3OS. The lowest BCUT2D eigenvalue weighted by atomic mass is 10.2. The summed E-state index contributed by atoms with van der Waals surface area (Å²) in [5, 5.41) is 3.07. The van der Waals surface area contributed by atoms with E-state index in [4.69, 9.17) is 0 Å². The monoisotopic (exact) mass is 289 g/mol. The van der Waals surface area contributed by atoms with Crippen LogP contribution in [0.1, 0.15) is 33.0 Å². The molecule has 0 fully saturated rings. The van der Waals surface area contributed by atoms with Crippen LogP contribution in [-0.2, 0) is 12.7 Å². The second-order valence-electron chi connectivity index (χ2n) is 3.84. The summed E-state index contributed by atoms with van der Waals surface area (Å²) < 4.78 is 38.8. The van der Waals surface area contributed by atoms with Gasteiger partial charge in [0, 0.05) is 12.7 Å². The van der Waals surface area contributed by atoms with Gasteiger partial charge in [0.15, 0.2) is 5.01 Å². The minimum absolute atomic E-state index is 0.0399. The standard InChI is InChI=1S/C11H10F3N3OS/c1-3-17-7(4-6(2)16-17)9(18)8-5-15-10(19-8)11(12,13)14/h4-5H,3H2,1-2H3. The summed E-state index contributed by atoms with van der Waals surface area (Å²) in [5.41, 5.74) is 0.920. The van der Waals surface area contributed by atoms with Gasteiger partial charge in [-0.25, -0.2) is 4.98 Å². The Morgan fingerprint density at radius 2 is 2.16 bits per heavy atom. The average molecular weight is 289 g/mol. The Hall–Kier alpha value is -1.70. The van der Waals surface area contributed by atoms with E-state index in [0.29, 0.717) is 23.6 Å². The van der Waals surface area contributed by atoms with Crippen LogP contribution in [0.25, 0.3) is 0 Å². The average Bonchev–Trinajstić information content (AvgIpc) is 2.93. The lowest BCUT2D eigenvalue weighted by Crippen LogP contribution is -2.09. The molecule has 0 amide bonds. The Bertz CT molecular complexity index is 615. The smallest absolute Gasteiger partial charge is 0.286 e. The van der Waals surface area contributed by atoms with E-state index in [1.54, 1.807) is 19.9 Å². The van der Waals surface area contributed by atoms with Gasteiger partial charge in [-0.2, -0.15) is 18.3 Å². The van der Waals surface area contributed by atoms with E-state index in [1.165, 1.54) is 4.68 Å². The number of aromatic nitrogens is 3. The summed E-state index contributed by atoms with van der Waals surface area (Å²) in [6.45, 7) is 3.99. The molecule has 102 valence electrons. The largest absolute Gasteiger partial charge is 0.443 e. The summed E-state index contributed by atoms with van der Waals surface area (Å²) in [5.74, 6) is -0.490. The van der Waals surface area contributed by atoms with Crippen LogP contribution in [0.4, 0.5) is 13.2 Å². The number of hydrogen-bond acceptors (Lipinski definition) is 4. The highest BCUT2D eigenvalue weighted by molar-refractivity contribution is 7.13. The van der Waals surface area contributed by atoms with Crippen molar-refractivity contribution in [3.63, 3.8) is 0 Å². The minimum Gasteiger partial charge on any atom is -0.286 e. The number of carbonyl (C=O) groups is 1. The maximum absolute atomic E-state index is 12.4. The fourth-order valence-corrected chi connectivity index (χ4v) is 2.34. The van der Waals surface area contributed by atoms with Gasteiger partial charge in [0.05, 0.1) is 10.6 Å². The summed E-state index contributed by atoms with van der Waals surface area (Å²) in [4.78, 5) is 15.3. The van der Waals surface area contributed by atoms with Crippen molar-refractivity contribution in [3.05, 3.63) is 33.5 Å². The molecular weight excluding hydrogens is 279 g/mol. The zero-order valence-corrected chi connectivity index (χ0v) is 11.0. The molecule has 0 radical (unpaired) electrons. The zero-order valence-electron chi connectivity index (χ0n) is 10.2. The highest BCUT2D eigenvalue weighted by Crippen LogP contribution is 2.33. The molecule has 0 spiro atoms. The molecule has 0 aliphatic heterocycles. The van der Waals surface area contributed by atoms with Crippen LogP contribution in [0.15, 0.2) is 12.3 Å². The predicted molar refractivity (Wildman–Crippen MR) is 63.2 cm³/mol. The molecule has 19 heavy (non-hydrogen) atoms. The lowest BCUT2D eigenvalue weighted by Gasteiger charge is -2.01. The fourth-order valence-electron chi connectivity index (χ4n) is 1.61. The maximum Gasteiger partial charge on any atom is 0.443 e. The number of rotatable bonds is 3. The zero-order chi connectivity index (χ0) is 14.2. The second-order valence-corrected chi connectivity index (χ2v) is 4.87. The molecule has 2 rings (SSSR count). The predicted octanol–water partition coefficient (Wildman–Crippen LogP) is 2.92. The number of thiazole rings is 1. The molecule has 8 heteroatoms. The lowest BCUT2D eigenvalue weighted by molar-refractivity contribution is -0.137. The first kappa shape index (κ1) is 13.7. The molecule has 0 N–H and O–H groups in total. The van der Waals surface area contributed by atoms with Crippen LogP contribution in [0.2, 0.25) is 0 Å². The van der Waals surface area contributed by atoms with Crippen LogP contribution in [0.3, 0.4) is 0 Å². The quantitative estimate of drug-likeness (QED) is 0.816. The number of ketones is 1. The third-order valence-corrected chi connectivity index (χ3v) is 3.45. The molecule has 0 saturated carbocycles. The first-order valence-electron chi connectivity index (χ1n) is 5.45. The van der Waals surface area contributed by atoms with Gasteiger partial charge in [0.25, 0.3) is 0 Å². The van der Waals surface area contributed by atoms with Crippen molar-refractivity contribution in [1.29, 1.82) is 0 Å². The second kappa shape index (κ2) is 4.76. The molecule has 2 heterocycles. The Morgan fingerprint density at radius 3 is 2.68 bits per heavy atom. The van der Waals surface area contributed by atoms with Gasteiger partial charge in [-0.15, -0.1) is 11.3 Å². The molecule has 0 unspecified atom stereocenters. The van der Waals surface area contributed by atoms with Crippen molar-refractivity contribution >= 4 is 17.1 Å². The van der Waals surface area contributed by atoms with Crippen molar-refractivity contribution < 1.29 is 18.0 Å². The van der Waals surface area contributed by atoms with Crippen LogP contribution >= 0.6 is 11.3 Å². The first-order chi connectivity index (χ1) is 8.82. The highest BCUT2D eigenvalue weighted by atomic mass is 32.1. The van der Waals surface area contributed by atoms with Gasteiger partial charge in [-0.3, -0.25) is 9.48 Å². The van der Waals surface area contributed by atoms with Gasteiger partial charge >= 0.3 is 6.18 Å². The molecule has 2 aromatic rings. The number of alkyl halides is 3. The van der Waals surface area contributed by atoms with E-state index in [9.17, 15) is 18.0 Å². The van der Waals surface area contributed by atoms with Crippen LogP contribution in [0, 0.1) is 6.92 Å². The number of nitrogens with zero attached hydrogens (tertiary/aromatic N) is 3. The minimum atomic E-state index is -4.52. The SMILES string of the molecule is CCn1nc(C)cc1C(=O)c1cnc(C(F)(F)F)s1. The third-order valence-electron chi connectivity index (χ3n) is 2.41. The first-order valence-corrected chi connectivity index (χ1v) is 6.26. The van der Waals surface area contributed by atoms with E-state index in [0.717, 1.165) is 6.20 Å². The molecule has 0 aromatic carbocycles. The molecule has 0 saturated heterocycles. The Labute approximate surface area is 110 Å². The van der Waals surface area contributed by atoms with E-state index in [-0.39, 0.29) is 10.6 Å². The number of aryl methyl sites for hydroxylation is 2. The van der Waals surface area contributed by atoms with E-state index < -0.39 is 17.0 Å². The molecule has 0 atom stereocenters. The van der Waals surface area contributed by atoms with E-state index in [2.05, 4.69) is 10.1 Å². The molecule has 0 bridgehead atoms. The molecule has 2 aromatic heterocycles. The number of hydrogen-bond donors (Lipinski definition) is 0. The van der Waals surface area contributed by atoms with Crippen molar-refractivity contribution in [2.45, 2.75) is 26.6 Å². The van der Waals surface area contributed by atoms with Gasteiger partial charge < -0.3 is 0 Å². The molecule has 4 nitrogen and oxygen atoms in total. The topological polar surface area (TPSA) is 47.8 Å². The Kier molecular flexibility index (Phi) is 3.44. The highest BCUT2D eigenvalue weighted by Gasteiger charge is 2.35. The van der Waals surface area contributed by atoms with Gasteiger partial charge in [0.2, 0.25) is 5.78 Å².